The third-order valence-electron chi connectivity index (χ3n) is 3.64. The van der Waals surface area contributed by atoms with Crippen LogP contribution in [-0.2, 0) is 11.2 Å². The lowest BCUT2D eigenvalue weighted by atomic mass is 10.1. The highest BCUT2D eigenvalue weighted by Crippen LogP contribution is 2.36. The minimum atomic E-state index is -0.957. The average Bonchev–Trinajstić information content (AvgIpc) is 2.81. The van der Waals surface area contributed by atoms with E-state index in [9.17, 15) is 4.79 Å². The van der Waals surface area contributed by atoms with Crippen molar-refractivity contribution in [2.45, 2.75) is 19.4 Å². The number of aliphatic carboxylic acids is 1. The Morgan fingerprint density at radius 3 is 2.86 bits per heavy atom. The zero-order chi connectivity index (χ0) is 14.8. The van der Waals surface area contributed by atoms with E-state index in [0.717, 1.165) is 23.9 Å². The molecule has 0 bridgehead atoms. The fraction of sp³-hybridized carbons (Fsp3) is 0.176. The Morgan fingerprint density at radius 2 is 2.14 bits per heavy atom. The first-order valence-corrected chi connectivity index (χ1v) is 6.89. The summed E-state index contributed by atoms with van der Waals surface area (Å²) in [6, 6.07) is 12.5. The van der Waals surface area contributed by atoms with Crippen LogP contribution in [0.4, 0.5) is 11.5 Å². The van der Waals surface area contributed by atoms with Gasteiger partial charge in [-0.25, -0.2) is 9.78 Å². The van der Waals surface area contributed by atoms with Crippen LogP contribution in [0.2, 0.25) is 0 Å². The van der Waals surface area contributed by atoms with E-state index in [1.54, 1.807) is 12.3 Å². The number of nitrogens with zero attached hydrogens (tertiary/aromatic N) is 2. The quantitative estimate of drug-likeness (QED) is 0.877. The van der Waals surface area contributed by atoms with E-state index in [0.29, 0.717) is 6.04 Å². The van der Waals surface area contributed by atoms with Gasteiger partial charge in [-0.15, -0.1) is 0 Å². The summed E-state index contributed by atoms with van der Waals surface area (Å²) in [5.74, 6) is -0.0684. The molecule has 2 heterocycles. The Hall–Kier alpha value is -2.62. The predicted molar refractivity (Wildman–Crippen MR) is 82.7 cm³/mol. The molecular weight excluding hydrogens is 264 g/mol. The van der Waals surface area contributed by atoms with Crippen molar-refractivity contribution in [3.8, 4) is 0 Å². The molecule has 0 radical (unpaired) electrons. The fourth-order valence-corrected chi connectivity index (χ4v) is 2.72. The third-order valence-corrected chi connectivity index (χ3v) is 3.64. The summed E-state index contributed by atoms with van der Waals surface area (Å²) >= 11 is 0. The minimum absolute atomic E-state index is 0.371. The van der Waals surface area contributed by atoms with Gasteiger partial charge < -0.3 is 10.0 Å². The molecule has 1 N–H and O–H groups in total. The highest BCUT2D eigenvalue weighted by atomic mass is 16.4. The average molecular weight is 280 g/mol. The van der Waals surface area contributed by atoms with E-state index in [4.69, 9.17) is 5.11 Å². The summed E-state index contributed by atoms with van der Waals surface area (Å²) in [5.41, 5.74) is 3.31. The molecule has 1 unspecified atom stereocenters. The Balaban J connectivity index is 1.89. The maximum absolute atomic E-state index is 10.5. The van der Waals surface area contributed by atoms with Gasteiger partial charge in [-0.3, -0.25) is 0 Å². The van der Waals surface area contributed by atoms with Gasteiger partial charge in [0.05, 0.1) is 0 Å². The lowest BCUT2D eigenvalue weighted by molar-refractivity contribution is -0.131. The van der Waals surface area contributed by atoms with Crippen LogP contribution >= 0.6 is 0 Å². The Morgan fingerprint density at radius 1 is 1.33 bits per heavy atom. The number of carboxylic acid groups (broad SMARTS) is 1. The van der Waals surface area contributed by atoms with Crippen molar-refractivity contribution >= 4 is 23.6 Å². The smallest absolute Gasteiger partial charge is 0.328 e. The highest BCUT2D eigenvalue weighted by Gasteiger charge is 2.27. The molecule has 21 heavy (non-hydrogen) atoms. The molecule has 3 rings (SSSR count). The van der Waals surface area contributed by atoms with Crippen LogP contribution in [0.5, 0.6) is 0 Å². The molecule has 0 saturated carbocycles. The van der Waals surface area contributed by atoms with E-state index in [2.05, 4.69) is 35.0 Å². The number of carboxylic acids is 1. The first-order chi connectivity index (χ1) is 10.1. The molecule has 106 valence electrons. The number of hydrogen-bond acceptors (Lipinski definition) is 3. The fourth-order valence-electron chi connectivity index (χ4n) is 2.72. The van der Waals surface area contributed by atoms with Gasteiger partial charge in [-0.05, 0) is 48.7 Å². The molecule has 2 aromatic rings. The van der Waals surface area contributed by atoms with Gasteiger partial charge >= 0.3 is 5.97 Å². The summed E-state index contributed by atoms with van der Waals surface area (Å²) < 4.78 is 0. The van der Waals surface area contributed by atoms with Crippen LogP contribution in [0, 0.1) is 0 Å². The van der Waals surface area contributed by atoms with Gasteiger partial charge in [0.2, 0.25) is 0 Å². The van der Waals surface area contributed by atoms with Gasteiger partial charge in [0, 0.05) is 24.0 Å². The maximum Gasteiger partial charge on any atom is 0.328 e. The largest absolute Gasteiger partial charge is 0.478 e. The van der Waals surface area contributed by atoms with Crippen molar-refractivity contribution in [3.63, 3.8) is 0 Å². The van der Waals surface area contributed by atoms with Crippen LogP contribution in [-0.4, -0.2) is 22.1 Å². The van der Waals surface area contributed by atoms with Crippen molar-refractivity contribution in [3.05, 3.63) is 59.8 Å². The van der Waals surface area contributed by atoms with E-state index < -0.39 is 5.97 Å². The van der Waals surface area contributed by atoms with Crippen molar-refractivity contribution in [1.29, 1.82) is 0 Å². The third kappa shape index (κ3) is 2.65. The minimum Gasteiger partial charge on any atom is -0.478 e. The monoisotopic (exact) mass is 280 g/mol. The number of aromatic nitrogens is 1. The van der Waals surface area contributed by atoms with E-state index in [1.165, 1.54) is 11.3 Å². The number of pyridine rings is 1. The molecule has 0 aliphatic carbocycles. The van der Waals surface area contributed by atoms with Gasteiger partial charge in [-0.1, -0.05) is 18.2 Å². The van der Waals surface area contributed by atoms with Crippen molar-refractivity contribution < 1.29 is 9.90 Å². The number of rotatable bonds is 3. The molecule has 4 heteroatoms. The molecule has 0 spiro atoms. The van der Waals surface area contributed by atoms with E-state index >= 15 is 0 Å². The second-order valence-corrected chi connectivity index (χ2v) is 5.17. The molecule has 1 aromatic carbocycles. The van der Waals surface area contributed by atoms with Crippen LogP contribution in [0.3, 0.4) is 0 Å². The van der Waals surface area contributed by atoms with Crippen molar-refractivity contribution in [2.75, 3.05) is 4.90 Å². The topological polar surface area (TPSA) is 53.4 Å². The second-order valence-electron chi connectivity index (χ2n) is 5.17. The summed E-state index contributed by atoms with van der Waals surface area (Å²) in [4.78, 5) is 17.2. The van der Waals surface area contributed by atoms with Gasteiger partial charge in [-0.2, -0.15) is 0 Å². The van der Waals surface area contributed by atoms with Gasteiger partial charge in [0.15, 0.2) is 0 Å². The summed E-state index contributed by atoms with van der Waals surface area (Å²) in [7, 11) is 0. The van der Waals surface area contributed by atoms with Crippen molar-refractivity contribution in [2.24, 2.45) is 0 Å². The molecule has 4 nitrogen and oxygen atoms in total. The van der Waals surface area contributed by atoms with Gasteiger partial charge in [0.1, 0.15) is 5.82 Å². The molecule has 1 atom stereocenters. The number of para-hydroxylation sites is 1. The molecule has 1 aliphatic rings. The summed E-state index contributed by atoms with van der Waals surface area (Å²) in [6.07, 6.45) is 5.37. The number of carbonyl (C=O) groups is 1. The standard InChI is InChI=1S/C17H16N2O2/c1-12-10-14-4-2-3-5-15(14)19(12)16-8-6-13(11-18-16)7-9-17(20)21/h2-9,11-12H,10H2,1H3,(H,20,21)/b9-7+. The molecule has 1 aromatic heterocycles. The maximum atomic E-state index is 10.5. The Kier molecular flexibility index (Phi) is 3.44. The lowest BCUT2D eigenvalue weighted by Gasteiger charge is -2.23. The number of anilines is 2. The lowest BCUT2D eigenvalue weighted by Crippen LogP contribution is -2.24. The predicted octanol–water partition coefficient (Wildman–Crippen LogP) is 3.26. The molecular formula is C17H16N2O2. The number of fused-ring (bicyclic) bond motifs is 1. The van der Waals surface area contributed by atoms with Gasteiger partial charge in [0.25, 0.3) is 0 Å². The summed E-state index contributed by atoms with van der Waals surface area (Å²) in [6.45, 7) is 2.18. The van der Waals surface area contributed by atoms with Crippen LogP contribution in [0.1, 0.15) is 18.1 Å². The molecule has 0 fully saturated rings. The normalized spacial score (nSPS) is 17.2. The van der Waals surface area contributed by atoms with Crippen LogP contribution in [0.25, 0.3) is 6.08 Å². The Bertz CT molecular complexity index is 692. The van der Waals surface area contributed by atoms with Crippen LogP contribution in [0.15, 0.2) is 48.7 Å². The van der Waals surface area contributed by atoms with E-state index in [-0.39, 0.29) is 0 Å². The van der Waals surface area contributed by atoms with E-state index in [1.807, 2.05) is 18.2 Å². The first kappa shape index (κ1) is 13.4. The van der Waals surface area contributed by atoms with Crippen LogP contribution < -0.4 is 4.90 Å². The molecule has 0 saturated heterocycles. The zero-order valence-electron chi connectivity index (χ0n) is 11.7. The van der Waals surface area contributed by atoms with Crippen molar-refractivity contribution in [1.82, 2.24) is 4.98 Å². The molecule has 0 amide bonds. The zero-order valence-corrected chi connectivity index (χ0v) is 11.7. The number of benzene rings is 1. The first-order valence-electron chi connectivity index (χ1n) is 6.89. The highest BCUT2D eigenvalue weighted by molar-refractivity contribution is 5.85. The number of hydrogen-bond donors (Lipinski definition) is 1. The second kappa shape index (κ2) is 5.40. The SMILES string of the molecule is CC1Cc2ccccc2N1c1ccc(/C=C/C(=O)O)cn1. The summed E-state index contributed by atoms with van der Waals surface area (Å²) in [5, 5.41) is 8.63. The molecule has 1 aliphatic heterocycles. The Labute approximate surface area is 123 Å².